The van der Waals surface area contributed by atoms with E-state index in [9.17, 15) is 17.6 Å². The summed E-state index contributed by atoms with van der Waals surface area (Å²) in [5.41, 5.74) is 1.92. The monoisotopic (exact) mass is 434 g/mol. The number of fused-ring (bicyclic) bond motifs is 1. The molecule has 0 aliphatic heterocycles. The van der Waals surface area contributed by atoms with Gasteiger partial charge in [-0.05, 0) is 56.7 Å². The van der Waals surface area contributed by atoms with Gasteiger partial charge < -0.3 is 10.6 Å². The van der Waals surface area contributed by atoms with Gasteiger partial charge in [0.15, 0.2) is 0 Å². The van der Waals surface area contributed by atoms with E-state index in [0.29, 0.717) is 28.8 Å². The third-order valence-corrected chi connectivity index (χ3v) is 5.88. The molecule has 0 saturated heterocycles. The van der Waals surface area contributed by atoms with E-state index in [1.807, 2.05) is 0 Å². The Hall–Kier alpha value is -3.05. The number of benzene rings is 2. The summed E-state index contributed by atoms with van der Waals surface area (Å²) in [6, 6.07) is 8.30. The second-order valence-electron chi connectivity index (χ2n) is 7.08. The Morgan fingerprint density at radius 3 is 2.67 bits per heavy atom. The van der Waals surface area contributed by atoms with Gasteiger partial charge >= 0.3 is 6.03 Å². The molecule has 0 saturated carbocycles. The number of aryl methyl sites for hydroxylation is 1. The molecule has 3 aromatic rings. The van der Waals surface area contributed by atoms with Crippen molar-refractivity contribution in [2.45, 2.75) is 38.3 Å². The Labute approximate surface area is 173 Å². The maximum Gasteiger partial charge on any atom is 0.319 e. The first-order valence-electron chi connectivity index (χ1n) is 9.32. The highest BCUT2D eigenvalue weighted by atomic mass is 32.2. The largest absolute Gasteiger partial charge is 0.336 e. The van der Waals surface area contributed by atoms with Gasteiger partial charge in [-0.3, -0.25) is 0 Å². The average molecular weight is 434 g/mol. The molecule has 3 N–H and O–H groups in total. The lowest BCUT2D eigenvalue weighted by Gasteiger charge is -2.10. The minimum atomic E-state index is -3.62. The van der Waals surface area contributed by atoms with Crippen LogP contribution < -0.4 is 15.4 Å². The maximum atomic E-state index is 13.5. The van der Waals surface area contributed by atoms with Gasteiger partial charge in [-0.25, -0.2) is 27.0 Å². The predicted molar refractivity (Wildman–Crippen MR) is 111 cm³/mol. The molecule has 11 heteroatoms. The smallest absolute Gasteiger partial charge is 0.319 e. The van der Waals surface area contributed by atoms with Crippen molar-refractivity contribution >= 4 is 32.8 Å². The first kappa shape index (κ1) is 21.7. The van der Waals surface area contributed by atoms with Crippen LogP contribution in [0.4, 0.5) is 14.9 Å². The van der Waals surface area contributed by atoms with Crippen molar-refractivity contribution in [3.05, 3.63) is 47.8 Å². The normalized spacial score (nSPS) is 11.8. The Balaban J connectivity index is 1.61. The van der Waals surface area contributed by atoms with Gasteiger partial charge in [0, 0.05) is 18.3 Å². The number of rotatable bonds is 7. The summed E-state index contributed by atoms with van der Waals surface area (Å²) >= 11 is 0. The second-order valence-corrected chi connectivity index (χ2v) is 8.80. The average Bonchev–Trinajstić information content (AvgIpc) is 3.06. The van der Waals surface area contributed by atoms with Crippen molar-refractivity contribution in [1.29, 1.82) is 0 Å². The zero-order valence-electron chi connectivity index (χ0n) is 16.8. The second kappa shape index (κ2) is 8.76. The van der Waals surface area contributed by atoms with Crippen LogP contribution in [0, 0.1) is 12.7 Å². The summed E-state index contributed by atoms with van der Waals surface area (Å²) in [5, 5.41) is 13.2. The molecule has 0 unspecified atom stereocenters. The quantitative estimate of drug-likeness (QED) is 0.528. The topological polar surface area (TPSA) is 118 Å². The molecule has 9 nitrogen and oxygen atoms in total. The van der Waals surface area contributed by atoms with E-state index in [1.54, 1.807) is 43.7 Å². The molecule has 0 atom stereocenters. The third-order valence-electron chi connectivity index (χ3n) is 4.23. The Bertz CT molecular complexity index is 1180. The number of hydrogen-bond donors (Lipinski definition) is 3. The molecule has 3 rings (SSSR count). The highest BCUT2D eigenvalue weighted by Gasteiger charge is 2.17. The summed E-state index contributed by atoms with van der Waals surface area (Å²) in [6.07, 6.45) is 0. The Morgan fingerprint density at radius 2 is 1.97 bits per heavy atom. The van der Waals surface area contributed by atoms with Crippen LogP contribution in [0.15, 0.2) is 41.3 Å². The van der Waals surface area contributed by atoms with Gasteiger partial charge in [0.2, 0.25) is 10.0 Å². The number of halogens is 1. The molecule has 2 amide bonds. The van der Waals surface area contributed by atoms with Crippen molar-refractivity contribution < 1.29 is 17.6 Å². The minimum absolute atomic E-state index is 0.110. The molecular formula is C19H23FN6O3S. The zero-order valence-corrected chi connectivity index (χ0v) is 17.6. The lowest BCUT2D eigenvalue weighted by atomic mass is 10.2. The lowest BCUT2D eigenvalue weighted by molar-refractivity contribution is 0.251. The first-order valence-corrected chi connectivity index (χ1v) is 10.8. The van der Waals surface area contributed by atoms with Gasteiger partial charge in [0.1, 0.15) is 11.3 Å². The number of sulfonamides is 1. The minimum Gasteiger partial charge on any atom is -0.336 e. The van der Waals surface area contributed by atoms with Crippen LogP contribution in [0.5, 0.6) is 0 Å². The first-order chi connectivity index (χ1) is 14.2. The number of anilines is 1. The van der Waals surface area contributed by atoms with Crippen molar-refractivity contribution in [3.8, 4) is 0 Å². The number of hydrogen-bond acceptors (Lipinski definition) is 5. The molecule has 0 fully saturated rings. The van der Waals surface area contributed by atoms with Crippen molar-refractivity contribution in [2.24, 2.45) is 0 Å². The molecule has 2 aromatic carbocycles. The Kier molecular flexibility index (Phi) is 6.32. The van der Waals surface area contributed by atoms with E-state index in [1.165, 1.54) is 18.2 Å². The SMILES string of the molecule is Cc1ccc(NC(=O)NCCn2nnc3cc(S(=O)(=O)NC(C)C)ccc32)cc1F. The van der Waals surface area contributed by atoms with Crippen LogP contribution >= 0.6 is 0 Å². The van der Waals surface area contributed by atoms with Gasteiger partial charge in [0.05, 0.1) is 17.0 Å². The number of carbonyl (C=O) groups excluding carboxylic acids is 1. The summed E-state index contributed by atoms with van der Waals surface area (Å²) < 4.78 is 42.2. The van der Waals surface area contributed by atoms with Crippen molar-refractivity contribution in [1.82, 2.24) is 25.0 Å². The van der Waals surface area contributed by atoms with E-state index in [2.05, 4.69) is 25.7 Å². The third kappa shape index (κ3) is 5.10. The fourth-order valence-corrected chi connectivity index (χ4v) is 4.05. The van der Waals surface area contributed by atoms with E-state index in [-0.39, 0.29) is 17.5 Å². The number of nitrogens with zero attached hydrogens (tertiary/aromatic N) is 3. The van der Waals surface area contributed by atoms with Gasteiger partial charge in [-0.15, -0.1) is 5.10 Å². The molecule has 0 aliphatic rings. The molecular weight excluding hydrogens is 411 g/mol. The van der Waals surface area contributed by atoms with Gasteiger partial charge in [0.25, 0.3) is 0 Å². The molecule has 0 spiro atoms. The van der Waals surface area contributed by atoms with Gasteiger partial charge in [-0.1, -0.05) is 11.3 Å². The lowest BCUT2D eigenvalue weighted by Crippen LogP contribution is -2.31. The van der Waals surface area contributed by atoms with E-state index in [0.717, 1.165) is 0 Å². The molecule has 160 valence electrons. The number of aromatic nitrogens is 3. The maximum absolute atomic E-state index is 13.5. The number of nitrogens with one attached hydrogen (secondary N) is 3. The number of carbonyl (C=O) groups is 1. The Morgan fingerprint density at radius 1 is 1.20 bits per heavy atom. The van der Waals surface area contributed by atoms with Crippen LogP contribution in [0.2, 0.25) is 0 Å². The standard InChI is InChI=1S/C19H23FN6O3S/c1-12(2)24-30(28,29)15-6-7-18-17(11-15)23-25-26(18)9-8-21-19(27)22-14-5-4-13(3)16(20)10-14/h4-7,10-12,24H,8-9H2,1-3H3,(H2,21,22,27). The van der Waals surface area contributed by atoms with E-state index < -0.39 is 21.9 Å². The van der Waals surface area contributed by atoms with Crippen molar-refractivity contribution in [3.63, 3.8) is 0 Å². The highest BCUT2D eigenvalue weighted by molar-refractivity contribution is 7.89. The number of amides is 2. The predicted octanol–water partition coefficient (Wildman–Crippen LogP) is 2.39. The van der Waals surface area contributed by atoms with Crippen LogP contribution in [-0.2, 0) is 16.6 Å². The molecule has 1 heterocycles. The summed E-state index contributed by atoms with van der Waals surface area (Å²) in [5.74, 6) is -0.396. The molecule has 0 bridgehead atoms. The zero-order chi connectivity index (χ0) is 21.9. The fourth-order valence-electron chi connectivity index (χ4n) is 2.78. The summed E-state index contributed by atoms with van der Waals surface area (Å²) in [4.78, 5) is 12.1. The number of urea groups is 1. The summed E-state index contributed by atoms with van der Waals surface area (Å²) in [6.45, 7) is 5.69. The van der Waals surface area contributed by atoms with E-state index in [4.69, 9.17) is 0 Å². The van der Waals surface area contributed by atoms with Gasteiger partial charge in [-0.2, -0.15) is 0 Å². The molecule has 0 radical (unpaired) electrons. The molecule has 0 aliphatic carbocycles. The van der Waals surface area contributed by atoms with Crippen LogP contribution in [-0.4, -0.2) is 42.0 Å². The van der Waals surface area contributed by atoms with Crippen LogP contribution in [0.1, 0.15) is 19.4 Å². The van der Waals surface area contributed by atoms with Crippen LogP contribution in [0.25, 0.3) is 11.0 Å². The van der Waals surface area contributed by atoms with E-state index >= 15 is 0 Å². The van der Waals surface area contributed by atoms with Crippen molar-refractivity contribution in [2.75, 3.05) is 11.9 Å². The van der Waals surface area contributed by atoms with Crippen LogP contribution in [0.3, 0.4) is 0 Å². The fraction of sp³-hybridized carbons (Fsp3) is 0.316. The highest BCUT2D eigenvalue weighted by Crippen LogP contribution is 2.17. The molecule has 30 heavy (non-hydrogen) atoms. The summed E-state index contributed by atoms with van der Waals surface area (Å²) in [7, 11) is -3.62. The molecule has 1 aromatic heterocycles.